The first-order chi connectivity index (χ1) is 10.1. The highest BCUT2D eigenvalue weighted by atomic mass is 35.5. The molecule has 0 radical (unpaired) electrons. The molecule has 3 nitrogen and oxygen atoms in total. The number of para-hydroxylation sites is 1. The van der Waals surface area contributed by atoms with Gasteiger partial charge in [-0.25, -0.2) is 4.98 Å². The molecular weight excluding hydrogens is 336 g/mol. The summed E-state index contributed by atoms with van der Waals surface area (Å²) in [5.74, 6) is -1.98. The van der Waals surface area contributed by atoms with Crippen LogP contribution in [0.5, 0.6) is 0 Å². The standard InChI is InChI=1S/C13H8ClF2N3S2/c14-12-18-10(7-5-6-20-11(7)19-12)17-8-3-1-2-4-9(8)21-13(15)16/h1-6,13H,(H,17,18,19). The molecule has 8 heteroatoms. The summed E-state index contributed by atoms with van der Waals surface area (Å²) in [6.07, 6.45) is 0. The van der Waals surface area contributed by atoms with Gasteiger partial charge in [-0.1, -0.05) is 23.9 Å². The molecule has 2 aromatic heterocycles. The lowest BCUT2D eigenvalue weighted by molar-refractivity contribution is 0.252. The van der Waals surface area contributed by atoms with Crippen molar-refractivity contribution < 1.29 is 8.78 Å². The van der Waals surface area contributed by atoms with Crippen LogP contribution < -0.4 is 5.32 Å². The van der Waals surface area contributed by atoms with Gasteiger partial charge in [0.05, 0.1) is 11.1 Å². The van der Waals surface area contributed by atoms with Crippen LogP contribution in [0.15, 0.2) is 40.6 Å². The average molecular weight is 344 g/mol. The van der Waals surface area contributed by atoms with E-state index in [9.17, 15) is 8.78 Å². The van der Waals surface area contributed by atoms with Crippen molar-refractivity contribution in [2.24, 2.45) is 0 Å². The zero-order chi connectivity index (χ0) is 14.8. The van der Waals surface area contributed by atoms with Crippen molar-refractivity contribution in [1.82, 2.24) is 9.97 Å². The maximum Gasteiger partial charge on any atom is 0.288 e. The Morgan fingerprint density at radius 2 is 2.00 bits per heavy atom. The van der Waals surface area contributed by atoms with Gasteiger partial charge in [0.15, 0.2) is 0 Å². The van der Waals surface area contributed by atoms with Gasteiger partial charge in [-0.05, 0) is 35.2 Å². The Labute approximate surface area is 132 Å². The van der Waals surface area contributed by atoms with Crippen LogP contribution in [0.3, 0.4) is 0 Å². The quantitative estimate of drug-likeness (QED) is 0.508. The van der Waals surface area contributed by atoms with Gasteiger partial charge in [0, 0.05) is 4.90 Å². The van der Waals surface area contributed by atoms with Crippen molar-refractivity contribution in [3.8, 4) is 0 Å². The maximum atomic E-state index is 12.6. The Balaban J connectivity index is 2.01. The summed E-state index contributed by atoms with van der Waals surface area (Å²) in [6, 6.07) is 8.70. The maximum absolute atomic E-state index is 12.6. The van der Waals surface area contributed by atoms with Crippen LogP contribution in [0.25, 0.3) is 10.2 Å². The number of anilines is 2. The molecule has 1 N–H and O–H groups in total. The predicted molar refractivity (Wildman–Crippen MR) is 84.0 cm³/mol. The van der Waals surface area contributed by atoms with Crippen LogP contribution in [0, 0.1) is 0 Å². The number of thioether (sulfide) groups is 1. The third kappa shape index (κ3) is 3.25. The number of rotatable bonds is 4. The van der Waals surface area contributed by atoms with E-state index in [4.69, 9.17) is 11.6 Å². The number of hydrogen-bond acceptors (Lipinski definition) is 5. The Morgan fingerprint density at radius 1 is 1.19 bits per heavy atom. The second-order valence-corrected chi connectivity index (χ2v) is 6.24. The van der Waals surface area contributed by atoms with Crippen LogP contribution in [0.1, 0.15) is 0 Å². The molecule has 3 rings (SSSR count). The van der Waals surface area contributed by atoms with Crippen LogP contribution in [-0.4, -0.2) is 15.7 Å². The molecule has 0 saturated carbocycles. The van der Waals surface area contributed by atoms with Crippen LogP contribution in [-0.2, 0) is 0 Å². The fourth-order valence-electron chi connectivity index (χ4n) is 1.82. The molecule has 0 aliphatic rings. The lowest BCUT2D eigenvalue weighted by atomic mass is 10.3. The van der Waals surface area contributed by atoms with Gasteiger partial charge >= 0.3 is 0 Å². The molecule has 0 aliphatic carbocycles. The summed E-state index contributed by atoms with van der Waals surface area (Å²) in [5.41, 5.74) is 0.560. The lowest BCUT2D eigenvalue weighted by Crippen LogP contribution is -1.98. The number of aromatic nitrogens is 2. The smallest absolute Gasteiger partial charge is 0.288 e. The zero-order valence-electron chi connectivity index (χ0n) is 10.4. The van der Waals surface area contributed by atoms with Crippen LogP contribution in [0.2, 0.25) is 5.28 Å². The molecule has 0 unspecified atom stereocenters. The van der Waals surface area contributed by atoms with E-state index in [1.807, 2.05) is 11.4 Å². The van der Waals surface area contributed by atoms with Gasteiger partial charge in [0.1, 0.15) is 10.6 Å². The molecular formula is C13H8ClF2N3S2. The number of nitrogens with one attached hydrogen (secondary N) is 1. The van der Waals surface area contributed by atoms with E-state index in [1.54, 1.807) is 24.3 Å². The Kier molecular flexibility index (Phi) is 4.23. The molecule has 2 heterocycles. The summed E-state index contributed by atoms with van der Waals surface area (Å²) >= 11 is 7.82. The number of thiophene rings is 1. The highest BCUT2D eigenvalue weighted by Gasteiger charge is 2.13. The van der Waals surface area contributed by atoms with Crippen molar-refractivity contribution in [3.05, 3.63) is 41.0 Å². The summed E-state index contributed by atoms with van der Waals surface area (Å²) in [7, 11) is 0. The van der Waals surface area contributed by atoms with Crippen molar-refractivity contribution in [2.45, 2.75) is 10.7 Å². The molecule has 0 amide bonds. The first-order valence-electron chi connectivity index (χ1n) is 5.85. The zero-order valence-corrected chi connectivity index (χ0v) is 12.8. The third-order valence-electron chi connectivity index (χ3n) is 2.65. The highest BCUT2D eigenvalue weighted by molar-refractivity contribution is 7.99. The van der Waals surface area contributed by atoms with Gasteiger partial charge in [-0.2, -0.15) is 13.8 Å². The van der Waals surface area contributed by atoms with Crippen LogP contribution in [0.4, 0.5) is 20.3 Å². The Morgan fingerprint density at radius 3 is 2.81 bits per heavy atom. The van der Waals surface area contributed by atoms with Crippen molar-refractivity contribution in [1.29, 1.82) is 0 Å². The lowest BCUT2D eigenvalue weighted by Gasteiger charge is -2.11. The number of halogens is 3. The number of fused-ring (bicyclic) bond motifs is 1. The number of benzene rings is 1. The molecule has 0 bridgehead atoms. The molecule has 3 aromatic rings. The fraction of sp³-hybridized carbons (Fsp3) is 0.0769. The number of alkyl halides is 2. The van der Waals surface area contributed by atoms with Crippen molar-refractivity contribution in [3.63, 3.8) is 0 Å². The average Bonchev–Trinajstić information content (AvgIpc) is 2.88. The van der Waals surface area contributed by atoms with Gasteiger partial charge < -0.3 is 5.32 Å². The molecule has 0 aliphatic heterocycles. The van der Waals surface area contributed by atoms with Crippen molar-refractivity contribution in [2.75, 3.05) is 5.32 Å². The highest BCUT2D eigenvalue weighted by Crippen LogP contribution is 2.35. The summed E-state index contributed by atoms with van der Waals surface area (Å²) in [6.45, 7) is 0. The van der Waals surface area contributed by atoms with E-state index in [-0.39, 0.29) is 5.28 Å². The largest absolute Gasteiger partial charge is 0.339 e. The van der Waals surface area contributed by atoms with E-state index in [2.05, 4.69) is 15.3 Å². The third-order valence-corrected chi connectivity index (χ3v) is 4.42. The van der Waals surface area contributed by atoms with E-state index in [1.165, 1.54) is 11.3 Å². The fourth-order valence-corrected chi connectivity index (χ4v) is 3.40. The number of nitrogens with zero attached hydrogens (tertiary/aromatic N) is 2. The molecule has 0 atom stereocenters. The second-order valence-electron chi connectivity index (χ2n) is 3.98. The topological polar surface area (TPSA) is 37.8 Å². The molecule has 0 fully saturated rings. The monoisotopic (exact) mass is 343 g/mol. The van der Waals surface area contributed by atoms with Crippen LogP contribution >= 0.6 is 34.7 Å². The molecule has 108 valence electrons. The van der Waals surface area contributed by atoms with E-state index in [0.717, 1.165) is 10.2 Å². The minimum absolute atomic E-state index is 0.117. The van der Waals surface area contributed by atoms with Gasteiger partial charge in [-0.15, -0.1) is 11.3 Å². The normalized spacial score (nSPS) is 11.2. The van der Waals surface area contributed by atoms with Gasteiger partial charge in [0.25, 0.3) is 5.76 Å². The number of hydrogen-bond donors (Lipinski definition) is 1. The SMILES string of the molecule is FC(F)Sc1ccccc1Nc1nc(Cl)nc2sccc12. The minimum Gasteiger partial charge on any atom is -0.339 e. The first-order valence-corrected chi connectivity index (χ1v) is 7.99. The molecule has 0 spiro atoms. The molecule has 1 aromatic carbocycles. The molecule has 21 heavy (non-hydrogen) atoms. The summed E-state index contributed by atoms with van der Waals surface area (Å²) in [5, 5.41) is 5.86. The Hall–Kier alpha value is -1.44. The van der Waals surface area contributed by atoms with E-state index >= 15 is 0 Å². The van der Waals surface area contributed by atoms with E-state index < -0.39 is 5.76 Å². The predicted octanol–water partition coefficient (Wildman–Crippen LogP) is 5.40. The second kappa shape index (κ2) is 6.13. The summed E-state index contributed by atoms with van der Waals surface area (Å²) in [4.78, 5) is 9.45. The van der Waals surface area contributed by atoms with Gasteiger partial charge in [0.2, 0.25) is 5.28 Å². The van der Waals surface area contributed by atoms with Gasteiger partial charge in [-0.3, -0.25) is 0 Å². The van der Waals surface area contributed by atoms with E-state index in [0.29, 0.717) is 28.2 Å². The minimum atomic E-state index is -2.48. The van der Waals surface area contributed by atoms with Crippen molar-refractivity contribution >= 4 is 56.4 Å². The summed E-state index contributed by atoms with van der Waals surface area (Å²) < 4.78 is 25.2. The molecule has 0 saturated heterocycles. The Bertz CT molecular complexity index is 779. The first kappa shape index (κ1) is 14.5.